The molecule has 2 nitrogen and oxygen atoms in total. The average Bonchev–Trinajstić information content (AvgIpc) is 2.15. The molecule has 0 fully saturated rings. The normalized spacial score (nSPS) is 12.2. The van der Waals surface area contributed by atoms with Crippen LogP contribution in [-0.4, -0.2) is 10.1 Å². The second kappa shape index (κ2) is 4.50. The summed E-state index contributed by atoms with van der Waals surface area (Å²) in [4.78, 5) is 2.85. The van der Waals surface area contributed by atoms with Crippen LogP contribution in [0, 0.1) is 0 Å². The minimum atomic E-state index is -4.84. The molecule has 0 atom stereocenters. The van der Waals surface area contributed by atoms with Crippen molar-refractivity contribution in [1.82, 2.24) is 4.98 Å². The fourth-order valence-corrected chi connectivity index (χ4v) is 1.37. The van der Waals surface area contributed by atoms with Crippen molar-refractivity contribution in [2.24, 2.45) is 0 Å². The molecule has 1 N–H and O–H groups in total. The van der Waals surface area contributed by atoms with Gasteiger partial charge in [0.2, 0.25) is 0 Å². The second-order valence-electron chi connectivity index (χ2n) is 2.81. The Morgan fingerprint density at radius 2 is 1.94 bits per heavy atom. The molecule has 1 rings (SSSR count). The highest BCUT2D eigenvalue weighted by Crippen LogP contribution is 2.37. The third-order valence-corrected chi connectivity index (χ3v) is 2.25. The number of hydrogen-bond acceptors (Lipinski definition) is 2. The van der Waals surface area contributed by atoms with Crippen LogP contribution < -0.4 is 0 Å². The van der Waals surface area contributed by atoms with E-state index in [0.717, 1.165) is 0 Å². The fraction of sp³-hybridized carbons (Fsp3) is 0.375. The molecule has 1 aromatic heterocycles. The summed E-state index contributed by atoms with van der Waals surface area (Å²) in [6, 6.07) is 0. The molecule has 0 saturated carbocycles. The minimum Gasteiger partial charge on any atom is -0.392 e. The molecule has 8 heteroatoms. The summed E-state index contributed by atoms with van der Waals surface area (Å²) in [5.74, 6) is 0. The van der Waals surface area contributed by atoms with Crippen LogP contribution in [0.5, 0.6) is 0 Å². The summed E-state index contributed by atoms with van der Waals surface area (Å²) in [7, 11) is 0. The summed E-state index contributed by atoms with van der Waals surface area (Å²) in [5.41, 5.74) is -3.13. The molecule has 1 heterocycles. The molecule has 0 radical (unpaired) electrons. The number of alkyl halides is 5. The van der Waals surface area contributed by atoms with Gasteiger partial charge in [-0.05, 0) is 0 Å². The van der Waals surface area contributed by atoms with Crippen LogP contribution in [0.3, 0.4) is 0 Å². The van der Waals surface area contributed by atoms with Gasteiger partial charge in [-0.3, -0.25) is 4.98 Å². The van der Waals surface area contributed by atoms with E-state index in [4.69, 9.17) is 16.7 Å². The van der Waals surface area contributed by atoms with Gasteiger partial charge in [0.15, 0.2) is 5.69 Å². The van der Waals surface area contributed by atoms with Gasteiger partial charge in [-0.25, -0.2) is 8.78 Å². The third-order valence-electron chi connectivity index (χ3n) is 1.80. The van der Waals surface area contributed by atoms with E-state index >= 15 is 0 Å². The Hall–Kier alpha value is -0.950. The topological polar surface area (TPSA) is 33.1 Å². The van der Waals surface area contributed by atoms with Gasteiger partial charge in [-0.2, -0.15) is 13.2 Å². The van der Waals surface area contributed by atoms with Gasteiger partial charge in [-0.1, -0.05) is 11.6 Å². The molecule has 0 bridgehead atoms. The quantitative estimate of drug-likeness (QED) is 0.830. The van der Waals surface area contributed by atoms with Crippen LogP contribution in [0.4, 0.5) is 22.0 Å². The highest BCUT2D eigenvalue weighted by atomic mass is 35.5. The van der Waals surface area contributed by atoms with Crippen LogP contribution in [0.1, 0.15) is 23.2 Å². The minimum absolute atomic E-state index is 0.356. The second-order valence-corrected chi connectivity index (χ2v) is 3.19. The van der Waals surface area contributed by atoms with Crippen molar-refractivity contribution < 1.29 is 27.1 Å². The van der Waals surface area contributed by atoms with E-state index < -0.39 is 41.1 Å². The first-order valence-corrected chi connectivity index (χ1v) is 4.30. The Kier molecular flexibility index (Phi) is 3.69. The van der Waals surface area contributed by atoms with Crippen molar-refractivity contribution in [1.29, 1.82) is 0 Å². The molecule has 0 unspecified atom stereocenters. The molecule has 0 aromatic carbocycles. The van der Waals surface area contributed by atoms with Gasteiger partial charge in [-0.15, -0.1) is 0 Å². The average molecular weight is 262 g/mol. The number of pyridine rings is 1. The molecule has 0 aliphatic rings. The molecule has 0 aliphatic heterocycles. The lowest BCUT2D eigenvalue weighted by Gasteiger charge is -2.13. The van der Waals surface area contributed by atoms with E-state index in [1.54, 1.807) is 0 Å². The molecule has 90 valence electrons. The molecule has 1 aromatic rings. The summed E-state index contributed by atoms with van der Waals surface area (Å²) < 4.78 is 61.6. The fourth-order valence-electron chi connectivity index (χ4n) is 1.09. The maximum atomic E-state index is 12.3. The van der Waals surface area contributed by atoms with Gasteiger partial charge in [0, 0.05) is 11.8 Å². The molecular formula is C8H5ClF5NO. The van der Waals surface area contributed by atoms with Crippen molar-refractivity contribution in [3.05, 3.63) is 28.0 Å². The SMILES string of the molecule is OCc1c(C(F)(F)F)ncc(C(F)F)c1Cl. The summed E-state index contributed by atoms with van der Waals surface area (Å²) >= 11 is 5.34. The number of halogens is 6. The van der Waals surface area contributed by atoms with E-state index in [-0.39, 0.29) is 0 Å². The number of aromatic nitrogens is 1. The van der Waals surface area contributed by atoms with Crippen molar-refractivity contribution in [2.45, 2.75) is 19.2 Å². The van der Waals surface area contributed by atoms with Crippen molar-refractivity contribution in [3.63, 3.8) is 0 Å². The number of aliphatic hydroxyl groups excluding tert-OH is 1. The standard InChI is InChI=1S/C8H5ClF5NO/c9-5-3(7(10)11)1-15-6(4(5)2-16)8(12,13)14/h1,7,16H,2H2. The number of nitrogens with zero attached hydrogens (tertiary/aromatic N) is 1. The Bertz CT molecular complexity index is 393. The van der Waals surface area contributed by atoms with Crippen LogP contribution in [0.15, 0.2) is 6.20 Å². The Morgan fingerprint density at radius 3 is 2.31 bits per heavy atom. The first kappa shape index (κ1) is 13.1. The van der Waals surface area contributed by atoms with Gasteiger partial charge >= 0.3 is 6.18 Å². The lowest BCUT2D eigenvalue weighted by Crippen LogP contribution is -2.13. The van der Waals surface area contributed by atoms with E-state index in [1.165, 1.54) is 0 Å². The summed E-state index contributed by atoms with van der Waals surface area (Å²) in [6.07, 6.45) is -7.54. The molecular weight excluding hydrogens is 257 g/mol. The van der Waals surface area contributed by atoms with Crippen LogP contribution >= 0.6 is 11.6 Å². The van der Waals surface area contributed by atoms with Crippen molar-refractivity contribution in [3.8, 4) is 0 Å². The Labute approximate surface area is 91.7 Å². The Balaban J connectivity index is 3.41. The van der Waals surface area contributed by atoms with Crippen molar-refractivity contribution in [2.75, 3.05) is 0 Å². The Morgan fingerprint density at radius 1 is 1.38 bits per heavy atom. The largest absolute Gasteiger partial charge is 0.433 e. The number of aliphatic hydroxyl groups is 1. The molecule has 16 heavy (non-hydrogen) atoms. The van der Waals surface area contributed by atoms with Crippen LogP contribution in [0.25, 0.3) is 0 Å². The van der Waals surface area contributed by atoms with Crippen LogP contribution in [0.2, 0.25) is 5.02 Å². The highest BCUT2D eigenvalue weighted by molar-refractivity contribution is 6.32. The first-order chi connectivity index (χ1) is 7.29. The van der Waals surface area contributed by atoms with Gasteiger partial charge in [0.1, 0.15) is 0 Å². The van der Waals surface area contributed by atoms with Gasteiger partial charge < -0.3 is 5.11 Å². The zero-order valence-electron chi connectivity index (χ0n) is 7.52. The summed E-state index contributed by atoms with van der Waals surface area (Å²) in [6.45, 7) is -1.11. The molecule has 0 aliphatic carbocycles. The molecule has 0 amide bonds. The first-order valence-electron chi connectivity index (χ1n) is 3.92. The lowest BCUT2D eigenvalue weighted by atomic mass is 10.1. The number of rotatable bonds is 2. The maximum absolute atomic E-state index is 12.3. The van der Waals surface area contributed by atoms with Gasteiger partial charge in [0.05, 0.1) is 17.2 Å². The third kappa shape index (κ3) is 2.41. The zero-order chi connectivity index (χ0) is 12.5. The van der Waals surface area contributed by atoms with Crippen molar-refractivity contribution >= 4 is 11.6 Å². The molecule has 0 saturated heterocycles. The monoisotopic (exact) mass is 261 g/mol. The van der Waals surface area contributed by atoms with Gasteiger partial charge in [0.25, 0.3) is 6.43 Å². The predicted octanol–water partition coefficient (Wildman–Crippen LogP) is 3.18. The zero-order valence-corrected chi connectivity index (χ0v) is 8.28. The van der Waals surface area contributed by atoms with E-state index in [9.17, 15) is 22.0 Å². The molecule has 0 spiro atoms. The highest BCUT2D eigenvalue weighted by Gasteiger charge is 2.37. The summed E-state index contributed by atoms with van der Waals surface area (Å²) in [5, 5.41) is 7.89. The smallest absolute Gasteiger partial charge is 0.392 e. The maximum Gasteiger partial charge on any atom is 0.433 e. The number of hydrogen-bond donors (Lipinski definition) is 1. The van der Waals surface area contributed by atoms with E-state index in [0.29, 0.717) is 6.20 Å². The lowest BCUT2D eigenvalue weighted by molar-refractivity contribution is -0.142. The van der Waals surface area contributed by atoms with E-state index in [1.807, 2.05) is 0 Å². The predicted molar refractivity (Wildman–Crippen MR) is 45.1 cm³/mol. The van der Waals surface area contributed by atoms with E-state index in [2.05, 4.69) is 4.98 Å². The van der Waals surface area contributed by atoms with Crippen LogP contribution in [-0.2, 0) is 12.8 Å².